The van der Waals surface area contributed by atoms with Gasteiger partial charge >= 0.3 is 0 Å². The maximum absolute atomic E-state index is 13.7. The normalized spacial score (nSPS) is 28.2. The zero-order valence-electron chi connectivity index (χ0n) is 18.3. The molecule has 8 nitrogen and oxygen atoms in total. The van der Waals surface area contributed by atoms with Gasteiger partial charge < -0.3 is 9.47 Å². The molecule has 4 aliphatic rings. The summed E-state index contributed by atoms with van der Waals surface area (Å²) in [5.74, 6) is 0.748. The van der Waals surface area contributed by atoms with E-state index in [1.165, 1.54) is 0 Å². The van der Waals surface area contributed by atoms with Gasteiger partial charge in [0.25, 0.3) is 0 Å². The number of benzene rings is 1. The number of hydrogen-bond donors (Lipinski definition) is 1. The Bertz CT molecular complexity index is 1170. The van der Waals surface area contributed by atoms with E-state index in [1.54, 1.807) is 20.3 Å². The minimum atomic E-state index is -4.06. The van der Waals surface area contributed by atoms with Gasteiger partial charge in [-0.3, -0.25) is 4.90 Å². The Kier molecular flexibility index (Phi) is 6.27. The molecule has 0 radical (unpaired) electrons. The molecule has 32 heavy (non-hydrogen) atoms. The van der Waals surface area contributed by atoms with Crippen molar-refractivity contribution in [1.82, 2.24) is 4.90 Å². The predicted octanol–water partition coefficient (Wildman–Crippen LogP) is 2.34. The molecule has 3 unspecified atom stereocenters. The van der Waals surface area contributed by atoms with Crippen LogP contribution in [0, 0.1) is 0 Å². The third kappa shape index (κ3) is 4.14. The standard InChI is InChI=1S/C21H28N2O6S3/c1-14(28-2)9-21-10-16-13-23(12-15-4-6-18(29-3)7-5-15)17(11-21)8-19(32(22,26)27)30-20(16)31(21,24)25/h4-8,14,17H,9-13H2,1-3H3,(H2,22,26,27). The van der Waals surface area contributed by atoms with E-state index in [0.717, 1.165) is 28.6 Å². The van der Waals surface area contributed by atoms with Crippen LogP contribution in [-0.4, -0.2) is 59.4 Å². The van der Waals surface area contributed by atoms with E-state index in [1.807, 2.05) is 31.2 Å². The first kappa shape index (κ1) is 23.8. The minimum Gasteiger partial charge on any atom is -0.497 e. The number of rotatable bonds is 7. The van der Waals surface area contributed by atoms with Crippen LogP contribution in [0.1, 0.15) is 31.7 Å². The number of ether oxygens (including phenoxy) is 2. The zero-order valence-corrected chi connectivity index (χ0v) is 20.7. The molecule has 0 spiro atoms. The highest BCUT2D eigenvalue weighted by Crippen LogP contribution is 2.56. The molecule has 5 rings (SSSR count). The maximum atomic E-state index is 13.7. The SMILES string of the molecule is COc1ccc(CN2CC3=C4SC(S(N)(=O)=O)=CC2CC(CC(C)OC)(C3)S4(=O)=O)cc1. The van der Waals surface area contributed by atoms with E-state index in [-0.39, 0.29) is 21.0 Å². The zero-order chi connectivity index (χ0) is 23.3. The molecule has 2 N–H and O–H groups in total. The van der Waals surface area contributed by atoms with Crippen LogP contribution in [0.4, 0.5) is 0 Å². The van der Waals surface area contributed by atoms with Gasteiger partial charge in [0.2, 0.25) is 10.0 Å². The molecule has 4 heterocycles. The van der Waals surface area contributed by atoms with Crippen molar-refractivity contribution in [3.8, 4) is 5.75 Å². The molecule has 4 aliphatic heterocycles. The summed E-state index contributed by atoms with van der Waals surface area (Å²) in [6.45, 7) is 2.86. The lowest BCUT2D eigenvalue weighted by atomic mass is 9.89. The summed E-state index contributed by atoms with van der Waals surface area (Å²) in [5.41, 5.74) is 1.78. The first-order valence-electron chi connectivity index (χ1n) is 10.3. The maximum Gasteiger partial charge on any atom is 0.244 e. The second kappa shape index (κ2) is 8.44. The van der Waals surface area contributed by atoms with E-state index in [2.05, 4.69) is 4.90 Å². The van der Waals surface area contributed by atoms with Crippen molar-refractivity contribution in [3.63, 3.8) is 0 Å². The number of methoxy groups -OCH3 is 2. The van der Waals surface area contributed by atoms with Gasteiger partial charge in [-0.15, -0.1) is 0 Å². The second-order valence-corrected chi connectivity index (χ2v) is 14.0. The van der Waals surface area contributed by atoms with Crippen molar-refractivity contribution in [1.29, 1.82) is 0 Å². The van der Waals surface area contributed by atoms with Crippen molar-refractivity contribution in [2.75, 3.05) is 20.8 Å². The van der Waals surface area contributed by atoms with Gasteiger partial charge in [0.1, 0.15) is 14.2 Å². The molecule has 3 atom stereocenters. The quantitative estimate of drug-likeness (QED) is 0.607. The van der Waals surface area contributed by atoms with Gasteiger partial charge in [-0.2, -0.15) is 0 Å². The highest BCUT2D eigenvalue weighted by Gasteiger charge is 2.57. The highest BCUT2D eigenvalue weighted by atomic mass is 32.3. The molecule has 4 bridgehead atoms. The molecule has 176 valence electrons. The Morgan fingerprint density at radius 3 is 2.56 bits per heavy atom. The van der Waals surface area contributed by atoms with Gasteiger partial charge in [0.15, 0.2) is 9.84 Å². The minimum absolute atomic E-state index is 0.103. The highest BCUT2D eigenvalue weighted by molar-refractivity contribution is 8.28. The van der Waals surface area contributed by atoms with Crippen molar-refractivity contribution in [2.45, 2.75) is 49.6 Å². The molecule has 0 saturated carbocycles. The third-order valence-corrected chi connectivity index (χ3v) is 12.2. The van der Waals surface area contributed by atoms with Crippen LogP contribution in [0.2, 0.25) is 0 Å². The van der Waals surface area contributed by atoms with Crippen LogP contribution >= 0.6 is 11.8 Å². The molecule has 11 heteroatoms. The average Bonchev–Trinajstić information content (AvgIpc) is 2.83. The molecular weight excluding hydrogens is 472 g/mol. The molecule has 1 saturated heterocycles. The van der Waals surface area contributed by atoms with E-state index in [4.69, 9.17) is 14.6 Å². The van der Waals surface area contributed by atoms with E-state index < -0.39 is 30.6 Å². The number of thioether (sulfide) groups is 1. The van der Waals surface area contributed by atoms with Crippen molar-refractivity contribution in [2.24, 2.45) is 5.14 Å². The predicted molar refractivity (Wildman–Crippen MR) is 125 cm³/mol. The molecule has 1 fully saturated rings. The fourth-order valence-corrected chi connectivity index (χ4v) is 10.1. The third-order valence-electron chi connectivity index (χ3n) is 6.49. The lowest BCUT2D eigenvalue weighted by Crippen LogP contribution is -2.46. The summed E-state index contributed by atoms with van der Waals surface area (Å²) in [7, 11) is -4.61. The van der Waals surface area contributed by atoms with E-state index in [0.29, 0.717) is 25.9 Å². The van der Waals surface area contributed by atoms with E-state index in [9.17, 15) is 16.8 Å². The Morgan fingerprint density at radius 1 is 1.28 bits per heavy atom. The number of primary sulfonamides is 1. The van der Waals surface area contributed by atoms with Gasteiger partial charge in [-0.1, -0.05) is 23.9 Å². The number of fused-ring (bicyclic) bond motifs is 2. The lowest BCUT2D eigenvalue weighted by molar-refractivity contribution is 0.0958. The molecule has 1 aromatic rings. The molecule has 1 aromatic carbocycles. The Balaban J connectivity index is 1.80. The van der Waals surface area contributed by atoms with Crippen molar-refractivity contribution < 1.29 is 26.3 Å². The van der Waals surface area contributed by atoms with Gasteiger partial charge in [-0.05, 0) is 55.5 Å². The number of nitrogens with zero attached hydrogens (tertiary/aromatic N) is 1. The number of hydrogen-bond acceptors (Lipinski definition) is 8. The topological polar surface area (TPSA) is 116 Å². The molecule has 0 aliphatic carbocycles. The summed E-state index contributed by atoms with van der Waals surface area (Å²) in [5, 5.41) is 5.46. The summed E-state index contributed by atoms with van der Waals surface area (Å²) in [4.78, 5) is 2.13. The Labute approximate surface area is 193 Å². The number of nitrogens with two attached hydrogens (primary N) is 1. The second-order valence-electron chi connectivity index (χ2n) is 8.66. The van der Waals surface area contributed by atoms with Crippen LogP contribution in [-0.2, 0) is 31.1 Å². The largest absolute Gasteiger partial charge is 0.497 e. The van der Waals surface area contributed by atoms with Crippen molar-refractivity contribution in [3.05, 3.63) is 50.0 Å². The molecule has 0 amide bonds. The molecular formula is C21H28N2O6S3. The van der Waals surface area contributed by atoms with Crippen LogP contribution < -0.4 is 9.88 Å². The Hall–Kier alpha value is -1.37. The van der Waals surface area contributed by atoms with Gasteiger partial charge in [-0.25, -0.2) is 22.0 Å². The monoisotopic (exact) mass is 500 g/mol. The molecule has 0 aromatic heterocycles. The number of sulfone groups is 1. The van der Waals surface area contributed by atoms with Crippen LogP contribution in [0.5, 0.6) is 5.75 Å². The van der Waals surface area contributed by atoms with Crippen LogP contribution in [0.15, 0.2) is 44.4 Å². The van der Waals surface area contributed by atoms with E-state index >= 15 is 0 Å². The summed E-state index contributed by atoms with van der Waals surface area (Å²) in [6.07, 6.45) is 2.40. The van der Waals surface area contributed by atoms with Crippen molar-refractivity contribution >= 4 is 31.6 Å². The number of sulfonamides is 1. The van der Waals surface area contributed by atoms with Gasteiger partial charge in [0.05, 0.1) is 18.0 Å². The summed E-state index contributed by atoms with van der Waals surface area (Å²) >= 11 is 0.787. The average molecular weight is 501 g/mol. The van der Waals surface area contributed by atoms with Gasteiger partial charge in [0, 0.05) is 26.2 Å². The first-order chi connectivity index (χ1) is 15.0. The van der Waals surface area contributed by atoms with Crippen LogP contribution in [0.25, 0.3) is 0 Å². The summed E-state index contributed by atoms with van der Waals surface area (Å²) in [6, 6.07) is 7.25. The first-order valence-corrected chi connectivity index (χ1v) is 14.1. The Morgan fingerprint density at radius 2 is 1.97 bits per heavy atom. The lowest BCUT2D eigenvalue weighted by Gasteiger charge is -2.38. The van der Waals surface area contributed by atoms with Crippen LogP contribution in [0.3, 0.4) is 0 Å². The summed E-state index contributed by atoms with van der Waals surface area (Å²) < 4.78 is 61.6. The fraction of sp³-hybridized carbons (Fsp3) is 0.524. The fourth-order valence-electron chi connectivity index (χ4n) is 4.86. The smallest absolute Gasteiger partial charge is 0.244 e.